The first kappa shape index (κ1) is 9.72. The van der Waals surface area contributed by atoms with Crippen molar-refractivity contribution in [2.24, 2.45) is 0 Å². The number of aliphatic hydroxyl groups is 1. The Hall–Kier alpha value is -1.82. The number of rotatable bonds is 2. The Balaban J connectivity index is 2.40. The molecule has 4 nitrogen and oxygen atoms in total. The number of nitrogens with zero attached hydrogens (tertiary/aromatic N) is 2. The minimum atomic E-state index is -0.983. The molecule has 0 aliphatic carbocycles. The van der Waals surface area contributed by atoms with Crippen LogP contribution in [0.15, 0.2) is 22.7 Å². The summed E-state index contributed by atoms with van der Waals surface area (Å²) in [6.07, 6.45) is 0. The average Bonchev–Trinajstić information content (AvgIpc) is 2.70. The van der Waals surface area contributed by atoms with Crippen LogP contribution in [-0.4, -0.2) is 15.2 Å². The second-order valence-corrected chi connectivity index (χ2v) is 2.80. The van der Waals surface area contributed by atoms with Gasteiger partial charge in [-0.1, -0.05) is 5.16 Å². The van der Waals surface area contributed by atoms with Crippen molar-refractivity contribution in [3.05, 3.63) is 35.7 Å². The Bertz CT molecular complexity index is 485. The molecule has 0 aliphatic rings. The SMILES string of the molecule is OCc1nc(-c2ccc(F)c(F)c2)no1. The van der Waals surface area contributed by atoms with Crippen molar-refractivity contribution in [1.82, 2.24) is 10.1 Å². The van der Waals surface area contributed by atoms with E-state index < -0.39 is 18.2 Å². The molecule has 2 rings (SSSR count). The topological polar surface area (TPSA) is 59.2 Å². The van der Waals surface area contributed by atoms with Gasteiger partial charge in [-0.2, -0.15) is 4.98 Å². The molecule has 6 heteroatoms. The Labute approximate surface area is 83.2 Å². The minimum Gasteiger partial charge on any atom is -0.387 e. The van der Waals surface area contributed by atoms with Gasteiger partial charge in [0.15, 0.2) is 11.6 Å². The zero-order valence-electron chi connectivity index (χ0n) is 7.44. The van der Waals surface area contributed by atoms with Crippen LogP contribution in [-0.2, 0) is 6.61 Å². The van der Waals surface area contributed by atoms with Crippen molar-refractivity contribution in [3.8, 4) is 11.4 Å². The molecule has 1 heterocycles. The third-order valence-corrected chi connectivity index (χ3v) is 1.78. The molecular formula is C9H6F2N2O2. The van der Waals surface area contributed by atoms with Gasteiger partial charge in [-0.05, 0) is 18.2 Å². The second-order valence-electron chi connectivity index (χ2n) is 2.80. The third-order valence-electron chi connectivity index (χ3n) is 1.78. The second kappa shape index (κ2) is 3.74. The lowest BCUT2D eigenvalue weighted by Gasteiger charge is -1.95. The van der Waals surface area contributed by atoms with E-state index in [0.717, 1.165) is 12.1 Å². The molecule has 0 saturated carbocycles. The van der Waals surface area contributed by atoms with Gasteiger partial charge >= 0.3 is 0 Å². The molecule has 15 heavy (non-hydrogen) atoms. The lowest BCUT2D eigenvalue weighted by Crippen LogP contribution is -1.87. The maximum atomic E-state index is 12.8. The standard InChI is InChI=1S/C9H6F2N2O2/c10-6-2-1-5(3-7(6)11)9-12-8(4-14)15-13-9/h1-3,14H,4H2. The van der Waals surface area contributed by atoms with E-state index in [1.165, 1.54) is 6.07 Å². The van der Waals surface area contributed by atoms with Crippen molar-refractivity contribution in [3.63, 3.8) is 0 Å². The fraction of sp³-hybridized carbons (Fsp3) is 0.111. The van der Waals surface area contributed by atoms with Gasteiger partial charge in [-0.3, -0.25) is 0 Å². The predicted octanol–water partition coefficient (Wildman–Crippen LogP) is 1.51. The maximum absolute atomic E-state index is 12.8. The van der Waals surface area contributed by atoms with E-state index in [0.29, 0.717) is 0 Å². The minimum absolute atomic E-state index is 0.0229. The number of halogens is 2. The van der Waals surface area contributed by atoms with Gasteiger partial charge in [0, 0.05) is 5.56 Å². The quantitative estimate of drug-likeness (QED) is 0.819. The maximum Gasteiger partial charge on any atom is 0.252 e. The molecule has 1 aromatic heterocycles. The Morgan fingerprint density at radius 3 is 2.67 bits per heavy atom. The summed E-state index contributed by atoms with van der Waals surface area (Å²) >= 11 is 0. The molecule has 0 unspecified atom stereocenters. The molecular weight excluding hydrogens is 206 g/mol. The zero-order chi connectivity index (χ0) is 10.8. The van der Waals surface area contributed by atoms with Crippen molar-refractivity contribution in [2.75, 3.05) is 0 Å². The third kappa shape index (κ3) is 1.84. The molecule has 2 aromatic rings. The highest BCUT2D eigenvalue weighted by Crippen LogP contribution is 2.18. The molecule has 1 N–H and O–H groups in total. The summed E-state index contributed by atoms with van der Waals surface area (Å²) in [6, 6.07) is 3.26. The molecule has 0 aliphatic heterocycles. The van der Waals surface area contributed by atoms with Crippen molar-refractivity contribution in [2.45, 2.75) is 6.61 Å². The molecule has 0 saturated heterocycles. The van der Waals surface area contributed by atoms with Gasteiger partial charge < -0.3 is 9.63 Å². The lowest BCUT2D eigenvalue weighted by atomic mass is 10.2. The smallest absolute Gasteiger partial charge is 0.252 e. The van der Waals surface area contributed by atoms with Gasteiger partial charge in [0.1, 0.15) is 6.61 Å². The largest absolute Gasteiger partial charge is 0.387 e. The predicted molar refractivity (Wildman–Crippen MR) is 45.6 cm³/mol. The van der Waals surface area contributed by atoms with E-state index >= 15 is 0 Å². The van der Waals surface area contributed by atoms with Crippen molar-refractivity contribution >= 4 is 0 Å². The highest BCUT2D eigenvalue weighted by atomic mass is 19.2. The van der Waals surface area contributed by atoms with Gasteiger partial charge in [0.2, 0.25) is 5.82 Å². The summed E-state index contributed by atoms with van der Waals surface area (Å²) in [5, 5.41) is 12.2. The number of aromatic nitrogens is 2. The van der Waals surface area contributed by atoms with Crippen LogP contribution in [0, 0.1) is 11.6 Å². The Morgan fingerprint density at radius 1 is 1.27 bits per heavy atom. The first-order valence-electron chi connectivity index (χ1n) is 4.09. The monoisotopic (exact) mass is 212 g/mol. The molecule has 0 radical (unpaired) electrons. The lowest BCUT2D eigenvalue weighted by molar-refractivity contribution is 0.222. The summed E-state index contributed by atoms with van der Waals surface area (Å²) in [5.41, 5.74) is 0.289. The summed E-state index contributed by atoms with van der Waals surface area (Å²) < 4.78 is 30.1. The van der Waals surface area contributed by atoms with E-state index in [1.807, 2.05) is 0 Å². The van der Waals surface area contributed by atoms with Gasteiger partial charge in [0.25, 0.3) is 5.89 Å². The first-order chi connectivity index (χ1) is 7.20. The normalized spacial score (nSPS) is 10.6. The van der Waals surface area contributed by atoms with Gasteiger partial charge in [0.05, 0.1) is 0 Å². The van der Waals surface area contributed by atoms with Crippen LogP contribution < -0.4 is 0 Å². The molecule has 0 bridgehead atoms. The van der Waals surface area contributed by atoms with Crippen LogP contribution in [0.4, 0.5) is 8.78 Å². The van der Waals surface area contributed by atoms with Crippen LogP contribution >= 0.6 is 0 Å². The van der Waals surface area contributed by atoms with Crippen molar-refractivity contribution in [1.29, 1.82) is 0 Å². The average molecular weight is 212 g/mol. The van der Waals surface area contributed by atoms with Crippen LogP contribution in [0.25, 0.3) is 11.4 Å². The summed E-state index contributed by atoms with van der Waals surface area (Å²) in [6.45, 7) is -0.392. The fourth-order valence-electron chi connectivity index (χ4n) is 1.07. The number of benzene rings is 1. The Kier molecular flexibility index (Phi) is 2.42. The van der Waals surface area contributed by atoms with E-state index in [4.69, 9.17) is 5.11 Å². The van der Waals surface area contributed by atoms with E-state index in [1.54, 1.807) is 0 Å². The van der Waals surface area contributed by atoms with Gasteiger partial charge in [-0.25, -0.2) is 8.78 Å². The number of hydrogen-bond acceptors (Lipinski definition) is 4. The Morgan fingerprint density at radius 2 is 2.07 bits per heavy atom. The van der Waals surface area contributed by atoms with Crippen LogP contribution in [0.1, 0.15) is 5.89 Å². The van der Waals surface area contributed by atoms with Gasteiger partial charge in [-0.15, -0.1) is 0 Å². The van der Waals surface area contributed by atoms with Crippen LogP contribution in [0.3, 0.4) is 0 Å². The molecule has 0 atom stereocenters. The molecule has 78 valence electrons. The fourth-order valence-corrected chi connectivity index (χ4v) is 1.07. The number of hydrogen-bond donors (Lipinski definition) is 1. The van der Waals surface area contributed by atoms with E-state index in [-0.39, 0.29) is 17.3 Å². The summed E-state index contributed by atoms with van der Waals surface area (Å²) in [5.74, 6) is -1.79. The number of aliphatic hydroxyl groups excluding tert-OH is 1. The van der Waals surface area contributed by atoms with Crippen molar-refractivity contribution < 1.29 is 18.4 Å². The van der Waals surface area contributed by atoms with E-state index in [2.05, 4.69) is 14.7 Å². The van der Waals surface area contributed by atoms with Crippen LogP contribution in [0.2, 0.25) is 0 Å². The first-order valence-corrected chi connectivity index (χ1v) is 4.09. The van der Waals surface area contributed by atoms with E-state index in [9.17, 15) is 8.78 Å². The highest BCUT2D eigenvalue weighted by Gasteiger charge is 2.10. The highest BCUT2D eigenvalue weighted by molar-refractivity contribution is 5.53. The molecule has 0 fully saturated rings. The molecule has 0 amide bonds. The summed E-state index contributed by atoms with van der Waals surface area (Å²) in [4.78, 5) is 3.75. The molecule has 0 spiro atoms. The van der Waals surface area contributed by atoms with Crippen LogP contribution in [0.5, 0.6) is 0 Å². The summed E-state index contributed by atoms with van der Waals surface area (Å²) in [7, 11) is 0. The zero-order valence-corrected chi connectivity index (χ0v) is 7.44. The molecule has 1 aromatic carbocycles.